The van der Waals surface area contributed by atoms with E-state index < -0.39 is 10.0 Å². The van der Waals surface area contributed by atoms with Crippen molar-refractivity contribution < 1.29 is 8.42 Å². The summed E-state index contributed by atoms with van der Waals surface area (Å²) < 4.78 is 28.7. The van der Waals surface area contributed by atoms with Gasteiger partial charge < -0.3 is 0 Å². The third-order valence-electron chi connectivity index (χ3n) is 2.94. The molecule has 1 aromatic carbocycles. The number of aryl methyl sites for hydroxylation is 3. The Balaban J connectivity index is 2.33. The minimum absolute atomic E-state index is 0.354. The molecule has 0 saturated heterocycles. The van der Waals surface area contributed by atoms with Crippen molar-refractivity contribution in [1.82, 2.24) is 0 Å². The van der Waals surface area contributed by atoms with Crippen LogP contribution >= 0.6 is 27.3 Å². The van der Waals surface area contributed by atoms with Gasteiger partial charge in [-0.2, -0.15) is 0 Å². The fraction of sp³-hybridized carbons (Fsp3) is 0.286. The van der Waals surface area contributed by atoms with Gasteiger partial charge in [-0.05, 0) is 55.7 Å². The smallest absolute Gasteiger partial charge is 0.271 e. The lowest BCUT2D eigenvalue weighted by Gasteiger charge is -2.10. The van der Waals surface area contributed by atoms with E-state index in [-0.39, 0.29) is 0 Å². The van der Waals surface area contributed by atoms with Crippen LogP contribution in [0.3, 0.4) is 0 Å². The van der Waals surface area contributed by atoms with Crippen LogP contribution in [0.15, 0.2) is 32.9 Å². The summed E-state index contributed by atoms with van der Waals surface area (Å²) in [6.45, 7) is 5.89. The molecular formula is C14H16BrNO2S2. The van der Waals surface area contributed by atoms with Crippen LogP contribution < -0.4 is 4.72 Å². The number of anilines is 1. The molecule has 0 spiro atoms. The van der Waals surface area contributed by atoms with E-state index in [4.69, 9.17) is 0 Å². The van der Waals surface area contributed by atoms with Gasteiger partial charge in [-0.25, -0.2) is 8.42 Å². The molecule has 0 amide bonds. The molecule has 0 aliphatic rings. The minimum atomic E-state index is -3.50. The highest BCUT2D eigenvalue weighted by Crippen LogP contribution is 2.28. The third kappa shape index (κ3) is 3.24. The summed E-state index contributed by atoms with van der Waals surface area (Å²) in [5, 5.41) is 0. The number of sulfonamides is 1. The Kier molecular flexibility index (Phi) is 4.56. The molecule has 0 fully saturated rings. The maximum Gasteiger partial charge on any atom is 0.271 e. The monoisotopic (exact) mass is 373 g/mol. The first kappa shape index (κ1) is 15.5. The van der Waals surface area contributed by atoms with Crippen molar-refractivity contribution in [3.8, 4) is 0 Å². The van der Waals surface area contributed by atoms with Gasteiger partial charge in [-0.3, -0.25) is 4.72 Å². The van der Waals surface area contributed by atoms with Crippen molar-refractivity contribution in [3.05, 3.63) is 44.7 Å². The first-order valence-corrected chi connectivity index (χ1v) is 9.31. The van der Waals surface area contributed by atoms with Crippen molar-refractivity contribution in [2.45, 2.75) is 31.4 Å². The molecule has 0 radical (unpaired) electrons. The zero-order chi connectivity index (χ0) is 14.9. The lowest BCUT2D eigenvalue weighted by molar-refractivity contribution is 0.603. The van der Waals surface area contributed by atoms with Crippen LogP contribution in [0.5, 0.6) is 0 Å². The van der Waals surface area contributed by atoms with E-state index in [0.717, 1.165) is 26.9 Å². The second-order valence-corrected chi connectivity index (χ2v) is 8.47. The molecule has 0 bridgehead atoms. The average molecular weight is 374 g/mol. The molecular weight excluding hydrogens is 358 g/mol. The van der Waals surface area contributed by atoms with Gasteiger partial charge in [0.2, 0.25) is 0 Å². The predicted octanol–water partition coefficient (Wildman–Crippen LogP) is 4.49. The summed E-state index contributed by atoms with van der Waals surface area (Å²) in [6, 6.07) is 7.16. The highest BCUT2D eigenvalue weighted by molar-refractivity contribution is 9.10. The number of hydrogen-bond donors (Lipinski definition) is 1. The van der Waals surface area contributed by atoms with Crippen LogP contribution in [0.25, 0.3) is 0 Å². The van der Waals surface area contributed by atoms with Gasteiger partial charge in [0.25, 0.3) is 10.0 Å². The SMILES string of the molecule is CCc1ccc(S(=O)(=O)Nc2cc(C)c(Br)c(C)c2)s1. The highest BCUT2D eigenvalue weighted by Gasteiger charge is 2.17. The molecule has 1 N–H and O–H groups in total. The number of halogens is 1. The summed E-state index contributed by atoms with van der Waals surface area (Å²) in [7, 11) is -3.50. The lowest BCUT2D eigenvalue weighted by Crippen LogP contribution is -2.11. The molecule has 1 aromatic heterocycles. The van der Waals surface area contributed by atoms with Crippen LogP contribution in [0.2, 0.25) is 0 Å². The summed E-state index contributed by atoms with van der Waals surface area (Å²) in [4.78, 5) is 1.06. The summed E-state index contributed by atoms with van der Waals surface area (Å²) in [5.41, 5.74) is 2.60. The summed E-state index contributed by atoms with van der Waals surface area (Å²) >= 11 is 4.79. The maximum atomic E-state index is 12.3. The van der Waals surface area contributed by atoms with Gasteiger partial charge in [-0.15, -0.1) is 11.3 Å². The normalized spacial score (nSPS) is 11.6. The Bertz CT molecular complexity index is 712. The molecule has 2 aromatic rings. The Morgan fingerprint density at radius 3 is 2.30 bits per heavy atom. The molecule has 0 saturated carbocycles. The van der Waals surface area contributed by atoms with E-state index in [1.807, 2.05) is 39.0 Å². The van der Waals surface area contributed by atoms with Crippen molar-refractivity contribution in [1.29, 1.82) is 0 Å². The van der Waals surface area contributed by atoms with Crippen molar-refractivity contribution in [2.24, 2.45) is 0 Å². The molecule has 0 aliphatic carbocycles. The number of rotatable bonds is 4. The first-order valence-electron chi connectivity index (χ1n) is 6.21. The van der Waals surface area contributed by atoms with Gasteiger partial charge in [-0.1, -0.05) is 22.9 Å². The van der Waals surface area contributed by atoms with E-state index in [0.29, 0.717) is 9.90 Å². The van der Waals surface area contributed by atoms with Gasteiger partial charge in [0.05, 0.1) is 0 Å². The molecule has 1 heterocycles. The Morgan fingerprint density at radius 1 is 1.20 bits per heavy atom. The van der Waals surface area contributed by atoms with Crippen molar-refractivity contribution >= 4 is 43.0 Å². The highest BCUT2D eigenvalue weighted by atomic mass is 79.9. The van der Waals surface area contributed by atoms with Crippen LogP contribution in [0, 0.1) is 13.8 Å². The number of thiophene rings is 1. The Hall–Kier alpha value is -0.850. The van der Waals surface area contributed by atoms with E-state index in [2.05, 4.69) is 20.7 Å². The van der Waals surface area contributed by atoms with Crippen molar-refractivity contribution in [2.75, 3.05) is 4.72 Å². The van der Waals surface area contributed by atoms with Crippen molar-refractivity contribution in [3.63, 3.8) is 0 Å². The largest absolute Gasteiger partial charge is 0.279 e. The first-order chi connectivity index (χ1) is 9.33. The van der Waals surface area contributed by atoms with E-state index in [1.54, 1.807) is 6.07 Å². The molecule has 0 atom stereocenters. The van der Waals surface area contributed by atoms with Gasteiger partial charge in [0.15, 0.2) is 0 Å². The standard InChI is InChI=1S/C14H16BrNO2S2/c1-4-12-5-6-13(19-12)20(17,18)16-11-7-9(2)14(15)10(3)8-11/h5-8,16H,4H2,1-3H3. The van der Waals surface area contributed by atoms with Gasteiger partial charge >= 0.3 is 0 Å². The molecule has 3 nitrogen and oxygen atoms in total. The third-order valence-corrected chi connectivity index (χ3v) is 7.29. The molecule has 108 valence electrons. The topological polar surface area (TPSA) is 46.2 Å². The molecule has 20 heavy (non-hydrogen) atoms. The van der Waals surface area contributed by atoms with Crippen LogP contribution in [-0.2, 0) is 16.4 Å². The summed E-state index contributed by atoms with van der Waals surface area (Å²) in [5.74, 6) is 0. The zero-order valence-corrected chi connectivity index (χ0v) is 14.7. The average Bonchev–Trinajstić information content (AvgIpc) is 2.85. The summed E-state index contributed by atoms with van der Waals surface area (Å²) in [6.07, 6.45) is 0.844. The second kappa shape index (κ2) is 5.87. The number of hydrogen-bond acceptors (Lipinski definition) is 3. The van der Waals surface area contributed by atoms with E-state index in [1.165, 1.54) is 11.3 Å². The minimum Gasteiger partial charge on any atom is -0.279 e. The molecule has 0 aliphatic heterocycles. The fourth-order valence-corrected chi connectivity index (χ4v) is 4.47. The van der Waals surface area contributed by atoms with Gasteiger partial charge in [0, 0.05) is 15.0 Å². The Labute approximate surface area is 132 Å². The quantitative estimate of drug-likeness (QED) is 0.857. The van der Waals surface area contributed by atoms with E-state index >= 15 is 0 Å². The molecule has 6 heteroatoms. The maximum absolute atomic E-state index is 12.3. The fourth-order valence-electron chi connectivity index (χ4n) is 1.90. The Morgan fingerprint density at radius 2 is 1.80 bits per heavy atom. The zero-order valence-electron chi connectivity index (χ0n) is 11.5. The number of nitrogens with one attached hydrogen (secondary N) is 1. The molecule has 0 unspecified atom stereocenters. The number of benzene rings is 1. The lowest BCUT2D eigenvalue weighted by atomic mass is 10.1. The van der Waals surface area contributed by atoms with Crippen LogP contribution in [0.4, 0.5) is 5.69 Å². The van der Waals surface area contributed by atoms with Gasteiger partial charge in [0.1, 0.15) is 4.21 Å². The van der Waals surface area contributed by atoms with Crippen LogP contribution in [-0.4, -0.2) is 8.42 Å². The predicted molar refractivity (Wildman–Crippen MR) is 88.1 cm³/mol. The second-order valence-electron chi connectivity index (χ2n) is 4.60. The van der Waals surface area contributed by atoms with E-state index in [9.17, 15) is 8.42 Å². The molecule has 2 rings (SSSR count). The van der Waals surface area contributed by atoms with Crippen LogP contribution in [0.1, 0.15) is 22.9 Å².